The predicted molar refractivity (Wildman–Crippen MR) is 83.0 cm³/mol. The number of nitrogens with two attached hydrogens (primary N) is 1. The van der Waals surface area contributed by atoms with E-state index in [0.717, 1.165) is 6.54 Å². The molecule has 0 unspecified atom stereocenters. The second-order valence-corrected chi connectivity index (χ2v) is 5.08. The summed E-state index contributed by atoms with van der Waals surface area (Å²) in [6.07, 6.45) is 1.33. The third kappa shape index (κ3) is 4.43. The van der Waals surface area contributed by atoms with Gasteiger partial charge in [0.1, 0.15) is 0 Å². The van der Waals surface area contributed by atoms with Crippen LogP contribution in [0.1, 0.15) is 43.4 Å². The molecule has 18 heavy (non-hydrogen) atoms. The topological polar surface area (TPSA) is 29.3 Å². The first-order valence-corrected chi connectivity index (χ1v) is 6.24. The van der Waals surface area contributed by atoms with E-state index in [9.17, 15) is 0 Å². The molecule has 0 bridgehead atoms. The van der Waals surface area contributed by atoms with Gasteiger partial charge in [-0.25, -0.2) is 0 Å². The Hall–Kier alpha value is -0.280. The molecular weight excluding hydrogens is 267 g/mol. The van der Waals surface area contributed by atoms with Gasteiger partial charge < -0.3 is 10.6 Å². The second-order valence-electron chi connectivity index (χ2n) is 5.08. The van der Waals surface area contributed by atoms with Crippen molar-refractivity contribution in [1.29, 1.82) is 0 Å². The lowest BCUT2D eigenvalue weighted by molar-refractivity contribution is 0.170. The maximum Gasteiger partial charge on any atom is 0.0424 e. The van der Waals surface area contributed by atoms with Gasteiger partial charge >= 0.3 is 0 Å². The van der Waals surface area contributed by atoms with Crippen molar-refractivity contribution < 1.29 is 0 Å². The van der Waals surface area contributed by atoms with Gasteiger partial charge in [0, 0.05) is 12.6 Å². The van der Waals surface area contributed by atoms with Gasteiger partial charge in [0.2, 0.25) is 0 Å². The van der Waals surface area contributed by atoms with E-state index in [1.165, 1.54) is 30.6 Å². The molecule has 0 saturated carbocycles. The van der Waals surface area contributed by atoms with E-state index >= 15 is 0 Å². The zero-order valence-electron chi connectivity index (χ0n) is 11.1. The number of benzene rings is 1. The molecule has 4 heteroatoms. The maximum atomic E-state index is 6.19. The molecule has 0 amide bonds. The van der Waals surface area contributed by atoms with Gasteiger partial charge in [-0.05, 0) is 36.6 Å². The molecule has 104 valence electrons. The SMILES string of the molecule is CC(C)c1ccc([C@H](N)CN2CCC2)cc1.Cl.Cl. The van der Waals surface area contributed by atoms with Crippen LogP contribution in [0.4, 0.5) is 0 Å². The average molecular weight is 291 g/mol. The highest BCUT2D eigenvalue weighted by Crippen LogP contribution is 2.19. The minimum absolute atomic E-state index is 0. The summed E-state index contributed by atoms with van der Waals surface area (Å²) in [5.41, 5.74) is 8.84. The summed E-state index contributed by atoms with van der Waals surface area (Å²) in [5.74, 6) is 0.598. The van der Waals surface area contributed by atoms with Crippen LogP contribution in [-0.4, -0.2) is 24.5 Å². The van der Waals surface area contributed by atoms with Crippen molar-refractivity contribution >= 4 is 24.8 Å². The van der Waals surface area contributed by atoms with E-state index in [1.807, 2.05) is 0 Å². The molecule has 1 heterocycles. The van der Waals surface area contributed by atoms with Crippen LogP contribution < -0.4 is 5.73 Å². The summed E-state index contributed by atoms with van der Waals surface area (Å²) < 4.78 is 0. The second kappa shape index (κ2) is 8.00. The molecular formula is C14H24Cl2N2. The van der Waals surface area contributed by atoms with Crippen LogP contribution in [0.5, 0.6) is 0 Å². The van der Waals surface area contributed by atoms with Crippen molar-refractivity contribution in [2.75, 3.05) is 19.6 Å². The first kappa shape index (κ1) is 17.7. The Morgan fingerprint density at radius 3 is 1.94 bits per heavy atom. The van der Waals surface area contributed by atoms with Gasteiger partial charge in [-0.1, -0.05) is 38.1 Å². The number of hydrogen-bond acceptors (Lipinski definition) is 2. The Bertz CT molecular complexity index is 334. The predicted octanol–water partition coefficient (Wildman–Crippen LogP) is 3.36. The van der Waals surface area contributed by atoms with E-state index < -0.39 is 0 Å². The highest BCUT2D eigenvalue weighted by Gasteiger charge is 2.17. The van der Waals surface area contributed by atoms with E-state index in [4.69, 9.17) is 5.73 Å². The fourth-order valence-electron chi connectivity index (χ4n) is 2.08. The summed E-state index contributed by atoms with van der Waals surface area (Å²) in [5, 5.41) is 0. The highest BCUT2D eigenvalue weighted by molar-refractivity contribution is 5.85. The Kier molecular flexibility index (Phi) is 7.88. The van der Waals surface area contributed by atoms with Crippen molar-refractivity contribution in [3.05, 3.63) is 35.4 Å². The number of nitrogens with zero attached hydrogens (tertiary/aromatic N) is 1. The third-order valence-electron chi connectivity index (χ3n) is 3.43. The molecule has 1 aliphatic heterocycles. The molecule has 2 rings (SSSR count). The summed E-state index contributed by atoms with van der Waals surface area (Å²) in [6.45, 7) is 7.88. The number of rotatable bonds is 4. The van der Waals surface area contributed by atoms with E-state index in [1.54, 1.807) is 0 Å². The Balaban J connectivity index is 0.00000144. The van der Waals surface area contributed by atoms with Crippen LogP contribution in [-0.2, 0) is 0 Å². The molecule has 0 aliphatic carbocycles. The number of likely N-dealkylation sites (tertiary alicyclic amines) is 1. The quantitative estimate of drug-likeness (QED) is 0.921. The molecule has 2 nitrogen and oxygen atoms in total. The van der Waals surface area contributed by atoms with Gasteiger partial charge in [-0.2, -0.15) is 0 Å². The molecule has 1 saturated heterocycles. The van der Waals surface area contributed by atoms with E-state index in [2.05, 4.69) is 43.0 Å². The van der Waals surface area contributed by atoms with Crippen LogP contribution in [0, 0.1) is 0 Å². The van der Waals surface area contributed by atoms with E-state index in [-0.39, 0.29) is 30.9 Å². The van der Waals surface area contributed by atoms with Gasteiger partial charge in [0.15, 0.2) is 0 Å². The zero-order chi connectivity index (χ0) is 11.5. The van der Waals surface area contributed by atoms with Crippen molar-refractivity contribution in [1.82, 2.24) is 4.90 Å². The monoisotopic (exact) mass is 290 g/mol. The van der Waals surface area contributed by atoms with Crippen molar-refractivity contribution in [3.63, 3.8) is 0 Å². The molecule has 0 radical (unpaired) electrons. The minimum atomic E-state index is 0. The van der Waals surface area contributed by atoms with Gasteiger partial charge in [0.25, 0.3) is 0 Å². The summed E-state index contributed by atoms with van der Waals surface area (Å²) in [7, 11) is 0. The standard InChI is InChI=1S/C14H22N2.2ClH/c1-11(2)12-4-6-13(7-5-12)14(15)10-16-8-3-9-16;;/h4-7,11,14H,3,8-10,15H2,1-2H3;2*1H/t14-;;/m1../s1. The van der Waals surface area contributed by atoms with E-state index in [0.29, 0.717) is 5.92 Å². The van der Waals surface area contributed by atoms with Crippen LogP contribution in [0.25, 0.3) is 0 Å². The molecule has 1 aromatic carbocycles. The molecule has 1 atom stereocenters. The molecule has 1 aromatic rings. The summed E-state index contributed by atoms with van der Waals surface area (Å²) in [4.78, 5) is 2.42. The van der Waals surface area contributed by atoms with Gasteiger partial charge in [-0.15, -0.1) is 24.8 Å². The van der Waals surface area contributed by atoms with Crippen molar-refractivity contribution in [2.45, 2.75) is 32.2 Å². The minimum Gasteiger partial charge on any atom is -0.323 e. The lowest BCUT2D eigenvalue weighted by Gasteiger charge is -2.33. The number of hydrogen-bond donors (Lipinski definition) is 1. The van der Waals surface area contributed by atoms with Crippen LogP contribution in [0.3, 0.4) is 0 Å². The van der Waals surface area contributed by atoms with Gasteiger partial charge in [-0.3, -0.25) is 0 Å². The molecule has 0 aromatic heterocycles. The molecule has 0 spiro atoms. The first-order chi connectivity index (χ1) is 7.66. The Labute approximate surface area is 123 Å². The molecule has 1 aliphatic rings. The lowest BCUT2D eigenvalue weighted by Crippen LogP contribution is -2.41. The normalized spacial score (nSPS) is 16.4. The first-order valence-electron chi connectivity index (χ1n) is 6.24. The largest absolute Gasteiger partial charge is 0.323 e. The van der Waals surface area contributed by atoms with Crippen LogP contribution in [0.15, 0.2) is 24.3 Å². The Morgan fingerprint density at radius 2 is 1.56 bits per heavy atom. The summed E-state index contributed by atoms with van der Waals surface area (Å²) >= 11 is 0. The fourth-order valence-corrected chi connectivity index (χ4v) is 2.08. The molecule has 2 N–H and O–H groups in total. The van der Waals surface area contributed by atoms with Gasteiger partial charge in [0.05, 0.1) is 0 Å². The fraction of sp³-hybridized carbons (Fsp3) is 0.571. The highest BCUT2D eigenvalue weighted by atomic mass is 35.5. The average Bonchev–Trinajstić information content (AvgIpc) is 2.23. The Morgan fingerprint density at radius 1 is 1.06 bits per heavy atom. The lowest BCUT2D eigenvalue weighted by atomic mass is 9.99. The van der Waals surface area contributed by atoms with Crippen molar-refractivity contribution in [3.8, 4) is 0 Å². The zero-order valence-corrected chi connectivity index (χ0v) is 12.8. The summed E-state index contributed by atoms with van der Waals surface area (Å²) in [6, 6.07) is 8.94. The smallest absolute Gasteiger partial charge is 0.0424 e. The van der Waals surface area contributed by atoms with Crippen LogP contribution >= 0.6 is 24.8 Å². The number of halogens is 2. The molecule has 1 fully saturated rings. The van der Waals surface area contributed by atoms with Crippen molar-refractivity contribution in [2.24, 2.45) is 5.73 Å². The van der Waals surface area contributed by atoms with Crippen LogP contribution in [0.2, 0.25) is 0 Å². The maximum absolute atomic E-state index is 6.19. The third-order valence-corrected chi connectivity index (χ3v) is 3.43.